The number of rotatable bonds is 1. The minimum absolute atomic E-state index is 0.248. The molecule has 0 unspecified atom stereocenters. The first-order chi connectivity index (χ1) is 7.46. The summed E-state index contributed by atoms with van der Waals surface area (Å²) >= 11 is 0. The molecule has 0 spiro atoms. The van der Waals surface area contributed by atoms with Gasteiger partial charge in [-0.3, -0.25) is 4.79 Å². The fourth-order valence-corrected chi connectivity index (χ4v) is 1.26. The van der Waals surface area contributed by atoms with Crippen molar-refractivity contribution in [1.82, 2.24) is 10.3 Å². The monoisotopic (exact) mass is 177 g/mol. The second-order valence-electron chi connectivity index (χ2n) is 2.72. The van der Waals surface area contributed by atoms with Gasteiger partial charge in [0.2, 0.25) is 0 Å². The Morgan fingerprint density at radius 3 is 3.15 bits per heavy atom. The number of amides is 1. The van der Waals surface area contributed by atoms with Gasteiger partial charge in [0.15, 0.2) is 0 Å². The molecule has 66 valence electrons. The molecule has 1 amide bonds. The van der Waals surface area contributed by atoms with Crippen LogP contribution in [-0.4, -0.2) is 17.9 Å². The van der Waals surface area contributed by atoms with Crippen LogP contribution in [0, 0.1) is 0 Å². The van der Waals surface area contributed by atoms with Gasteiger partial charge in [-0.05, 0) is 12.1 Å². The van der Waals surface area contributed by atoms with Crippen molar-refractivity contribution in [2.24, 2.45) is 0 Å². The summed E-state index contributed by atoms with van der Waals surface area (Å²) in [7, 11) is 0. The number of carbonyl (C=O) groups excluding carboxylic acids is 1. The molecule has 13 heavy (non-hydrogen) atoms. The van der Waals surface area contributed by atoms with Crippen LogP contribution < -0.4 is 5.32 Å². The Bertz CT molecular complexity index is 497. The van der Waals surface area contributed by atoms with Crippen LogP contribution in [0.3, 0.4) is 0 Å². The Kier molecular flexibility index (Phi) is 1.14. The minimum Gasteiger partial charge on any atom is -0.354 e. The highest BCUT2D eigenvalue weighted by Crippen LogP contribution is 2.13. The molecule has 0 saturated heterocycles. The first-order valence-corrected chi connectivity index (χ1v) is 3.86. The molecular weight excluding hydrogens is 164 g/mol. The van der Waals surface area contributed by atoms with Gasteiger partial charge in [0.1, 0.15) is 5.69 Å². The molecule has 1 aromatic carbocycles. The van der Waals surface area contributed by atoms with Gasteiger partial charge in [-0.2, -0.15) is 0 Å². The van der Waals surface area contributed by atoms with Crippen LogP contribution in [0.2, 0.25) is 0 Å². The fraction of sp³-hybridized carbons (Fsp3) is 0.100. The van der Waals surface area contributed by atoms with Crippen LogP contribution in [0.15, 0.2) is 30.3 Å². The molecule has 1 aromatic heterocycles. The molecule has 0 fully saturated rings. The number of benzene rings is 1. The number of carbonyl (C=O) groups is 1. The highest BCUT2D eigenvalue weighted by Gasteiger charge is 2.05. The summed E-state index contributed by atoms with van der Waals surface area (Å²) in [5, 5.41) is 2.80. The zero-order valence-electron chi connectivity index (χ0n) is 9.79. The van der Waals surface area contributed by atoms with Gasteiger partial charge >= 0.3 is 0 Å². The molecule has 0 saturated carbocycles. The number of aromatic amines is 1. The molecule has 2 N–H and O–H groups in total. The summed E-state index contributed by atoms with van der Waals surface area (Å²) in [6, 6.07) is 8.97. The third kappa shape index (κ3) is 1.28. The van der Waals surface area contributed by atoms with Gasteiger partial charge in [0.25, 0.3) is 5.91 Å². The van der Waals surface area contributed by atoms with E-state index in [1.165, 1.54) is 0 Å². The summed E-state index contributed by atoms with van der Waals surface area (Å²) in [6.45, 7) is -2.46. The number of nitrogens with one attached hydrogen (secondary N) is 2. The van der Waals surface area contributed by atoms with Crippen LogP contribution in [0.5, 0.6) is 0 Å². The number of hydrogen-bond acceptors (Lipinski definition) is 1. The van der Waals surface area contributed by atoms with Crippen LogP contribution in [-0.2, 0) is 0 Å². The molecule has 0 aliphatic rings. The largest absolute Gasteiger partial charge is 0.354 e. The first-order valence-electron chi connectivity index (χ1n) is 5.36. The number of aromatic nitrogens is 1. The van der Waals surface area contributed by atoms with Crippen molar-refractivity contribution in [3.8, 4) is 0 Å². The molecule has 3 heteroatoms. The van der Waals surface area contributed by atoms with Crippen molar-refractivity contribution in [3.63, 3.8) is 0 Å². The van der Waals surface area contributed by atoms with E-state index in [-0.39, 0.29) is 5.69 Å². The molecule has 2 rings (SSSR count). The van der Waals surface area contributed by atoms with E-state index >= 15 is 0 Å². The Labute approximate surface area is 80.0 Å². The van der Waals surface area contributed by atoms with Crippen molar-refractivity contribution < 1.29 is 8.91 Å². The van der Waals surface area contributed by atoms with Crippen LogP contribution >= 0.6 is 0 Å². The van der Waals surface area contributed by atoms with Gasteiger partial charge in [-0.25, -0.2) is 0 Å². The standard InChI is InChI=1S/C10H10N2O/c1-11-10(13)9-6-7-4-2-3-5-8(7)12-9/h2-6,12H,1H3,(H,11,13)/i1D3. The maximum absolute atomic E-state index is 11.5. The van der Waals surface area contributed by atoms with Crippen LogP contribution in [0.1, 0.15) is 14.6 Å². The maximum atomic E-state index is 11.5. The SMILES string of the molecule is [2H]C([2H])([2H])NC(=O)c1cc2ccccc2[nH]1. The third-order valence-electron chi connectivity index (χ3n) is 1.89. The van der Waals surface area contributed by atoms with Crippen molar-refractivity contribution >= 4 is 16.8 Å². The second kappa shape index (κ2) is 2.94. The number of fused-ring (bicyclic) bond motifs is 1. The van der Waals surface area contributed by atoms with E-state index in [1.807, 2.05) is 29.6 Å². The number of para-hydroxylation sites is 1. The lowest BCUT2D eigenvalue weighted by atomic mass is 10.2. The molecular formula is C10H10N2O. The highest BCUT2D eigenvalue weighted by atomic mass is 16.1. The van der Waals surface area contributed by atoms with Crippen molar-refractivity contribution in [1.29, 1.82) is 0 Å². The van der Waals surface area contributed by atoms with E-state index in [0.717, 1.165) is 10.9 Å². The van der Waals surface area contributed by atoms with E-state index in [4.69, 9.17) is 4.11 Å². The van der Waals surface area contributed by atoms with Crippen LogP contribution in [0.4, 0.5) is 0 Å². The van der Waals surface area contributed by atoms with E-state index in [9.17, 15) is 4.79 Å². The zero-order valence-corrected chi connectivity index (χ0v) is 6.79. The van der Waals surface area contributed by atoms with Gasteiger partial charge < -0.3 is 10.3 Å². The summed E-state index contributed by atoms with van der Waals surface area (Å²) in [6.07, 6.45) is 0. The van der Waals surface area contributed by atoms with Gasteiger partial charge in [0.05, 0.1) is 0 Å². The van der Waals surface area contributed by atoms with Crippen molar-refractivity contribution in [2.45, 2.75) is 0 Å². The maximum Gasteiger partial charge on any atom is 0.267 e. The summed E-state index contributed by atoms with van der Waals surface area (Å²) < 4.78 is 20.8. The zero-order chi connectivity index (χ0) is 11.8. The summed E-state index contributed by atoms with van der Waals surface area (Å²) in [5.41, 5.74) is 1.05. The minimum atomic E-state index is -2.46. The van der Waals surface area contributed by atoms with Crippen LogP contribution in [0.25, 0.3) is 10.9 Å². The lowest BCUT2D eigenvalue weighted by Crippen LogP contribution is -2.17. The van der Waals surface area contributed by atoms with E-state index in [2.05, 4.69) is 4.98 Å². The fourth-order valence-electron chi connectivity index (χ4n) is 1.26. The van der Waals surface area contributed by atoms with E-state index < -0.39 is 12.9 Å². The predicted octanol–water partition coefficient (Wildman–Crippen LogP) is 1.53. The molecule has 0 bridgehead atoms. The Hall–Kier alpha value is -1.77. The quantitative estimate of drug-likeness (QED) is 0.681. The van der Waals surface area contributed by atoms with Gasteiger partial charge in [0, 0.05) is 22.0 Å². The smallest absolute Gasteiger partial charge is 0.267 e. The van der Waals surface area contributed by atoms with E-state index in [0.29, 0.717) is 0 Å². The van der Waals surface area contributed by atoms with Crippen molar-refractivity contribution in [3.05, 3.63) is 36.0 Å². The number of H-pyrrole nitrogens is 1. The molecule has 2 aromatic rings. The molecule has 3 nitrogen and oxygen atoms in total. The van der Waals surface area contributed by atoms with Gasteiger partial charge in [-0.1, -0.05) is 18.2 Å². The molecule has 0 radical (unpaired) electrons. The molecule has 1 heterocycles. The Balaban J connectivity index is 2.30. The molecule has 0 aliphatic heterocycles. The Morgan fingerprint density at radius 1 is 1.54 bits per heavy atom. The number of hydrogen-bond donors (Lipinski definition) is 2. The second-order valence-corrected chi connectivity index (χ2v) is 2.72. The summed E-state index contributed by atoms with van der Waals surface area (Å²) in [5.74, 6) is -0.629. The average molecular weight is 177 g/mol. The lowest BCUT2D eigenvalue weighted by molar-refractivity contribution is 0.0959. The van der Waals surface area contributed by atoms with E-state index in [1.54, 1.807) is 6.07 Å². The third-order valence-corrected chi connectivity index (χ3v) is 1.89. The van der Waals surface area contributed by atoms with Gasteiger partial charge in [-0.15, -0.1) is 0 Å². The lowest BCUT2D eigenvalue weighted by Gasteiger charge is -1.92. The molecule has 0 atom stereocenters. The predicted molar refractivity (Wildman–Crippen MR) is 51.7 cm³/mol. The molecule has 0 aliphatic carbocycles. The first kappa shape index (κ1) is 5.07. The topological polar surface area (TPSA) is 44.9 Å². The normalized spacial score (nSPS) is 14.6. The Morgan fingerprint density at radius 2 is 2.38 bits per heavy atom. The van der Waals surface area contributed by atoms with Crippen molar-refractivity contribution in [2.75, 3.05) is 6.98 Å². The average Bonchev–Trinajstić information content (AvgIpc) is 2.58. The summed E-state index contributed by atoms with van der Waals surface area (Å²) in [4.78, 5) is 14.4. The highest BCUT2D eigenvalue weighted by molar-refractivity contribution is 5.97.